The highest BCUT2D eigenvalue weighted by Crippen LogP contribution is 2.24. The van der Waals surface area contributed by atoms with Crippen LogP contribution in [0.3, 0.4) is 0 Å². The molecule has 0 aliphatic carbocycles. The number of hydrogen-bond donors (Lipinski definition) is 2. The standard InChI is InChI=1S/C12H18FNO2S/c1-3-17(16)7-6-14-9(2)11-8-10(13)4-5-12(11)15/h4-5,8-9,14-15H,3,6-7H2,1-2H3. The van der Waals surface area contributed by atoms with Crippen LogP contribution in [-0.4, -0.2) is 27.4 Å². The van der Waals surface area contributed by atoms with Gasteiger partial charge in [-0.15, -0.1) is 0 Å². The van der Waals surface area contributed by atoms with Gasteiger partial charge in [0, 0.05) is 40.5 Å². The van der Waals surface area contributed by atoms with Gasteiger partial charge in [-0.1, -0.05) is 6.92 Å². The molecule has 1 aromatic carbocycles. The number of phenolic OH excluding ortho intramolecular Hbond substituents is 1. The molecule has 0 radical (unpaired) electrons. The van der Waals surface area contributed by atoms with E-state index in [1.54, 1.807) is 0 Å². The second-order valence-electron chi connectivity index (χ2n) is 3.81. The number of rotatable bonds is 6. The van der Waals surface area contributed by atoms with Crippen LogP contribution >= 0.6 is 0 Å². The summed E-state index contributed by atoms with van der Waals surface area (Å²) in [6.07, 6.45) is 0. The van der Waals surface area contributed by atoms with E-state index in [1.165, 1.54) is 18.2 Å². The molecule has 2 N–H and O–H groups in total. The quantitative estimate of drug-likeness (QED) is 0.821. The second-order valence-corrected chi connectivity index (χ2v) is 5.68. The molecule has 1 aromatic rings. The van der Waals surface area contributed by atoms with Gasteiger partial charge >= 0.3 is 0 Å². The number of aromatic hydroxyl groups is 1. The lowest BCUT2D eigenvalue weighted by Crippen LogP contribution is -2.24. The molecule has 96 valence electrons. The van der Waals surface area contributed by atoms with E-state index in [4.69, 9.17) is 0 Å². The van der Waals surface area contributed by atoms with Crippen LogP contribution in [0.25, 0.3) is 0 Å². The van der Waals surface area contributed by atoms with Gasteiger partial charge in [-0.3, -0.25) is 4.21 Å². The van der Waals surface area contributed by atoms with E-state index in [0.29, 0.717) is 23.6 Å². The van der Waals surface area contributed by atoms with Crippen LogP contribution in [0.1, 0.15) is 25.5 Å². The molecule has 2 atom stereocenters. The van der Waals surface area contributed by atoms with E-state index in [1.807, 2.05) is 13.8 Å². The van der Waals surface area contributed by atoms with Gasteiger partial charge in [-0.25, -0.2) is 4.39 Å². The molecular formula is C12H18FNO2S. The molecule has 0 fully saturated rings. The molecule has 0 bridgehead atoms. The molecule has 0 saturated heterocycles. The topological polar surface area (TPSA) is 49.3 Å². The first-order chi connectivity index (χ1) is 8.04. The van der Waals surface area contributed by atoms with Crippen LogP contribution in [0, 0.1) is 5.82 Å². The molecule has 0 spiro atoms. The van der Waals surface area contributed by atoms with Crippen LogP contribution < -0.4 is 5.32 Å². The molecule has 17 heavy (non-hydrogen) atoms. The summed E-state index contributed by atoms with van der Waals surface area (Å²) >= 11 is 0. The molecule has 2 unspecified atom stereocenters. The zero-order chi connectivity index (χ0) is 12.8. The second kappa shape index (κ2) is 6.71. The SMILES string of the molecule is CCS(=O)CCNC(C)c1cc(F)ccc1O. The Hall–Kier alpha value is -0.940. The van der Waals surface area contributed by atoms with Crippen molar-refractivity contribution in [3.63, 3.8) is 0 Å². The van der Waals surface area contributed by atoms with Crippen LogP contribution in [0.5, 0.6) is 5.75 Å². The lowest BCUT2D eigenvalue weighted by Gasteiger charge is -2.15. The Labute approximate surface area is 104 Å². The first-order valence-corrected chi connectivity index (χ1v) is 7.10. The minimum Gasteiger partial charge on any atom is -0.508 e. The maximum atomic E-state index is 13.0. The van der Waals surface area contributed by atoms with Crippen LogP contribution in [0.4, 0.5) is 4.39 Å². The van der Waals surface area contributed by atoms with E-state index >= 15 is 0 Å². The Balaban J connectivity index is 2.54. The molecule has 0 amide bonds. The molecule has 0 heterocycles. The van der Waals surface area contributed by atoms with Crippen molar-refractivity contribution in [1.29, 1.82) is 0 Å². The van der Waals surface area contributed by atoms with Gasteiger partial charge < -0.3 is 10.4 Å². The van der Waals surface area contributed by atoms with E-state index in [-0.39, 0.29) is 17.6 Å². The summed E-state index contributed by atoms with van der Waals surface area (Å²) in [6.45, 7) is 4.29. The Morgan fingerprint density at radius 3 is 2.88 bits per heavy atom. The van der Waals surface area contributed by atoms with Gasteiger partial charge in [0.1, 0.15) is 11.6 Å². The fourth-order valence-electron chi connectivity index (χ4n) is 1.52. The van der Waals surface area contributed by atoms with Gasteiger partial charge in [-0.05, 0) is 25.1 Å². The Morgan fingerprint density at radius 1 is 1.53 bits per heavy atom. The normalized spacial score (nSPS) is 14.5. The first-order valence-electron chi connectivity index (χ1n) is 5.61. The summed E-state index contributed by atoms with van der Waals surface area (Å²) in [5, 5.41) is 12.7. The van der Waals surface area contributed by atoms with Crippen molar-refractivity contribution in [2.45, 2.75) is 19.9 Å². The predicted octanol–water partition coefficient (Wildman–Crippen LogP) is 1.95. The molecule has 0 aliphatic rings. The molecular weight excluding hydrogens is 241 g/mol. The van der Waals surface area contributed by atoms with Gasteiger partial charge in [-0.2, -0.15) is 0 Å². The van der Waals surface area contributed by atoms with Gasteiger partial charge in [0.15, 0.2) is 0 Å². The van der Waals surface area contributed by atoms with E-state index < -0.39 is 10.8 Å². The fraction of sp³-hybridized carbons (Fsp3) is 0.500. The zero-order valence-electron chi connectivity index (χ0n) is 10.1. The summed E-state index contributed by atoms with van der Waals surface area (Å²) in [5.41, 5.74) is 0.521. The van der Waals surface area contributed by atoms with Gasteiger partial charge in [0.25, 0.3) is 0 Å². The number of nitrogens with one attached hydrogen (secondary N) is 1. The molecule has 5 heteroatoms. The third-order valence-corrected chi connectivity index (χ3v) is 3.86. The predicted molar refractivity (Wildman–Crippen MR) is 68.0 cm³/mol. The Kier molecular flexibility index (Phi) is 5.58. The van der Waals surface area contributed by atoms with Crippen molar-refractivity contribution in [3.8, 4) is 5.75 Å². The molecule has 0 aromatic heterocycles. The number of hydrogen-bond acceptors (Lipinski definition) is 3. The summed E-state index contributed by atoms with van der Waals surface area (Å²) < 4.78 is 24.2. The minimum absolute atomic E-state index is 0.0722. The first kappa shape index (κ1) is 14.1. The van der Waals surface area contributed by atoms with Crippen molar-refractivity contribution in [1.82, 2.24) is 5.32 Å². The summed E-state index contributed by atoms with van der Waals surface area (Å²) in [6, 6.07) is 3.70. The highest BCUT2D eigenvalue weighted by Gasteiger charge is 2.11. The highest BCUT2D eigenvalue weighted by atomic mass is 32.2. The van der Waals surface area contributed by atoms with Gasteiger partial charge in [0.2, 0.25) is 0 Å². The smallest absolute Gasteiger partial charge is 0.123 e. The number of halogens is 1. The largest absolute Gasteiger partial charge is 0.508 e. The lowest BCUT2D eigenvalue weighted by atomic mass is 10.1. The maximum Gasteiger partial charge on any atom is 0.123 e. The van der Waals surface area contributed by atoms with Crippen molar-refractivity contribution in [2.24, 2.45) is 0 Å². The van der Waals surface area contributed by atoms with Crippen molar-refractivity contribution < 1.29 is 13.7 Å². The summed E-state index contributed by atoms with van der Waals surface area (Å²) in [4.78, 5) is 0. The van der Waals surface area contributed by atoms with Crippen molar-refractivity contribution in [3.05, 3.63) is 29.6 Å². The Morgan fingerprint density at radius 2 is 2.24 bits per heavy atom. The number of benzene rings is 1. The van der Waals surface area contributed by atoms with Crippen molar-refractivity contribution >= 4 is 10.8 Å². The highest BCUT2D eigenvalue weighted by molar-refractivity contribution is 7.84. The summed E-state index contributed by atoms with van der Waals surface area (Å²) in [5.74, 6) is 0.907. The maximum absolute atomic E-state index is 13.0. The van der Waals surface area contributed by atoms with Crippen LogP contribution in [0.2, 0.25) is 0 Å². The van der Waals surface area contributed by atoms with Crippen LogP contribution in [0.15, 0.2) is 18.2 Å². The van der Waals surface area contributed by atoms with E-state index in [9.17, 15) is 13.7 Å². The van der Waals surface area contributed by atoms with Crippen molar-refractivity contribution in [2.75, 3.05) is 18.1 Å². The monoisotopic (exact) mass is 259 g/mol. The molecule has 3 nitrogen and oxygen atoms in total. The molecule has 0 aliphatic heterocycles. The third-order valence-electron chi connectivity index (χ3n) is 2.56. The average Bonchev–Trinajstić information content (AvgIpc) is 2.31. The van der Waals surface area contributed by atoms with E-state index in [0.717, 1.165) is 0 Å². The third kappa shape index (κ3) is 4.44. The van der Waals surface area contributed by atoms with Crippen LogP contribution in [-0.2, 0) is 10.8 Å². The number of phenols is 1. The Bertz CT molecular complexity index is 398. The fourth-order valence-corrected chi connectivity index (χ4v) is 2.15. The average molecular weight is 259 g/mol. The van der Waals surface area contributed by atoms with Gasteiger partial charge in [0.05, 0.1) is 0 Å². The summed E-state index contributed by atoms with van der Waals surface area (Å²) in [7, 11) is -0.809. The molecule has 0 saturated carbocycles. The zero-order valence-corrected chi connectivity index (χ0v) is 10.9. The van der Waals surface area contributed by atoms with E-state index in [2.05, 4.69) is 5.32 Å². The minimum atomic E-state index is -0.809. The molecule has 1 rings (SSSR count). The lowest BCUT2D eigenvalue weighted by molar-refractivity contribution is 0.451.